The smallest absolute Gasteiger partial charge is 0.221 e. The predicted molar refractivity (Wildman–Crippen MR) is 99.9 cm³/mol. The standard InChI is InChI=1S/C21H24N2O/c1-16(24)23-21-14-6-11-18-19(21)12-5-13-20(18)22-15-7-10-17-8-3-2-4-9-17/h2-4,6-11,14,20,22H,5,12-13,15H2,1H3,(H,23,24)/b10-7+. The van der Waals surface area contributed by atoms with Crippen LogP contribution in [0.1, 0.15) is 42.5 Å². The van der Waals surface area contributed by atoms with E-state index in [2.05, 4.69) is 41.0 Å². The molecule has 1 aliphatic carbocycles. The van der Waals surface area contributed by atoms with Gasteiger partial charge in [0, 0.05) is 25.2 Å². The first-order chi connectivity index (χ1) is 11.7. The monoisotopic (exact) mass is 320 g/mol. The lowest BCUT2D eigenvalue weighted by atomic mass is 9.86. The molecule has 0 saturated heterocycles. The summed E-state index contributed by atoms with van der Waals surface area (Å²) in [5, 5.41) is 6.59. The first kappa shape index (κ1) is 16.5. The zero-order chi connectivity index (χ0) is 16.8. The van der Waals surface area contributed by atoms with Gasteiger partial charge in [-0.05, 0) is 42.0 Å². The number of hydrogen-bond donors (Lipinski definition) is 2. The molecule has 0 aromatic heterocycles. The Labute approximate surface area is 143 Å². The molecule has 1 unspecified atom stereocenters. The molecule has 2 aromatic carbocycles. The summed E-state index contributed by atoms with van der Waals surface area (Å²) in [6.45, 7) is 2.40. The summed E-state index contributed by atoms with van der Waals surface area (Å²) < 4.78 is 0. The molecule has 2 N–H and O–H groups in total. The van der Waals surface area contributed by atoms with E-state index in [9.17, 15) is 4.79 Å². The van der Waals surface area contributed by atoms with Crippen molar-refractivity contribution in [2.75, 3.05) is 11.9 Å². The highest BCUT2D eigenvalue weighted by atomic mass is 16.1. The maximum atomic E-state index is 11.4. The molecule has 0 saturated carbocycles. The highest BCUT2D eigenvalue weighted by Crippen LogP contribution is 2.34. The molecule has 0 spiro atoms. The van der Waals surface area contributed by atoms with E-state index in [0.29, 0.717) is 6.04 Å². The summed E-state index contributed by atoms with van der Waals surface area (Å²) in [6, 6.07) is 16.9. The maximum absolute atomic E-state index is 11.4. The number of benzene rings is 2. The third-order valence-corrected chi connectivity index (χ3v) is 4.41. The van der Waals surface area contributed by atoms with Gasteiger partial charge >= 0.3 is 0 Å². The van der Waals surface area contributed by atoms with Crippen LogP contribution in [0.3, 0.4) is 0 Å². The normalized spacial score (nSPS) is 16.8. The van der Waals surface area contributed by atoms with Crippen molar-refractivity contribution < 1.29 is 4.79 Å². The Morgan fingerprint density at radius 1 is 1.17 bits per heavy atom. The third-order valence-electron chi connectivity index (χ3n) is 4.41. The van der Waals surface area contributed by atoms with Crippen molar-refractivity contribution in [3.05, 3.63) is 71.3 Å². The van der Waals surface area contributed by atoms with Gasteiger partial charge in [0.15, 0.2) is 0 Å². The van der Waals surface area contributed by atoms with Gasteiger partial charge in [0.2, 0.25) is 5.91 Å². The summed E-state index contributed by atoms with van der Waals surface area (Å²) in [6.07, 6.45) is 7.62. The SMILES string of the molecule is CC(=O)Nc1cccc2c1CCCC2NC/C=C/c1ccccc1. The molecule has 1 amide bonds. The number of rotatable bonds is 5. The number of fused-ring (bicyclic) bond motifs is 1. The Morgan fingerprint density at radius 2 is 2.00 bits per heavy atom. The Hall–Kier alpha value is -2.39. The second kappa shape index (κ2) is 7.93. The molecule has 1 aliphatic rings. The molecular formula is C21H24N2O. The van der Waals surface area contributed by atoms with E-state index in [0.717, 1.165) is 31.5 Å². The van der Waals surface area contributed by atoms with Gasteiger partial charge in [-0.1, -0.05) is 54.6 Å². The zero-order valence-corrected chi connectivity index (χ0v) is 14.1. The molecule has 2 aromatic rings. The van der Waals surface area contributed by atoms with Gasteiger partial charge in [0.25, 0.3) is 0 Å². The summed E-state index contributed by atoms with van der Waals surface area (Å²) >= 11 is 0. The highest BCUT2D eigenvalue weighted by Gasteiger charge is 2.21. The van der Waals surface area contributed by atoms with Gasteiger partial charge in [0.05, 0.1) is 0 Å². The molecule has 3 nitrogen and oxygen atoms in total. The van der Waals surface area contributed by atoms with Crippen molar-refractivity contribution in [1.82, 2.24) is 5.32 Å². The Balaban J connectivity index is 1.66. The maximum Gasteiger partial charge on any atom is 0.221 e. The largest absolute Gasteiger partial charge is 0.326 e. The molecule has 0 aliphatic heterocycles. The summed E-state index contributed by atoms with van der Waals surface area (Å²) in [4.78, 5) is 11.4. The van der Waals surface area contributed by atoms with Crippen molar-refractivity contribution >= 4 is 17.7 Å². The van der Waals surface area contributed by atoms with E-state index in [1.54, 1.807) is 6.92 Å². The lowest BCUT2D eigenvalue weighted by Crippen LogP contribution is -2.26. The summed E-state index contributed by atoms with van der Waals surface area (Å²) in [7, 11) is 0. The molecule has 3 rings (SSSR count). The quantitative estimate of drug-likeness (QED) is 0.861. The van der Waals surface area contributed by atoms with Crippen molar-refractivity contribution in [2.45, 2.75) is 32.2 Å². The molecule has 3 heteroatoms. The van der Waals surface area contributed by atoms with Gasteiger partial charge in [-0.3, -0.25) is 4.79 Å². The van der Waals surface area contributed by atoms with Crippen LogP contribution in [0.25, 0.3) is 6.08 Å². The molecule has 0 bridgehead atoms. The molecule has 0 fully saturated rings. The zero-order valence-electron chi connectivity index (χ0n) is 14.1. The average molecular weight is 320 g/mol. The van der Waals surface area contributed by atoms with E-state index in [4.69, 9.17) is 0 Å². The minimum atomic E-state index is -0.00993. The summed E-state index contributed by atoms with van der Waals surface area (Å²) in [5.41, 5.74) is 4.78. The molecule has 1 atom stereocenters. The van der Waals surface area contributed by atoms with Crippen LogP contribution >= 0.6 is 0 Å². The van der Waals surface area contributed by atoms with E-state index in [-0.39, 0.29) is 5.91 Å². The fourth-order valence-corrected chi connectivity index (χ4v) is 3.34. The van der Waals surface area contributed by atoms with E-state index < -0.39 is 0 Å². The number of nitrogens with one attached hydrogen (secondary N) is 2. The summed E-state index contributed by atoms with van der Waals surface area (Å²) in [5.74, 6) is -0.00993. The molecule has 0 heterocycles. The van der Waals surface area contributed by atoms with Crippen molar-refractivity contribution in [1.29, 1.82) is 0 Å². The van der Waals surface area contributed by atoms with Gasteiger partial charge < -0.3 is 10.6 Å². The fraction of sp³-hybridized carbons (Fsp3) is 0.286. The van der Waals surface area contributed by atoms with Gasteiger partial charge in [0.1, 0.15) is 0 Å². The van der Waals surface area contributed by atoms with Crippen LogP contribution in [0.15, 0.2) is 54.6 Å². The van der Waals surface area contributed by atoms with Crippen LogP contribution < -0.4 is 10.6 Å². The number of carbonyl (C=O) groups excluding carboxylic acids is 1. The second-order valence-corrected chi connectivity index (χ2v) is 6.22. The van der Waals surface area contributed by atoms with Crippen molar-refractivity contribution in [3.63, 3.8) is 0 Å². The van der Waals surface area contributed by atoms with Crippen LogP contribution in [-0.4, -0.2) is 12.5 Å². The lowest BCUT2D eigenvalue weighted by Gasteiger charge is -2.28. The van der Waals surface area contributed by atoms with Crippen LogP contribution in [0.5, 0.6) is 0 Å². The first-order valence-electron chi connectivity index (χ1n) is 8.58. The minimum Gasteiger partial charge on any atom is -0.326 e. The topological polar surface area (TPSA) is 41.1 Å². The first-order valence-corrected chi connectivity index (χ1v) is 8.58. The Bertz CT molecular complexity index is 722. The highest BCUT2D eigenvalue weighted by molar-refractivity contribution is 5.89. The molecular weight excluding hydrogens is 296 g/mol. The van der Waals surface area contributed by atoms with E-state index in [1.807, 2.05) is 30.3 Å². The lowest BCUT2D eigenvalue weighted by molar-refractivity contribution is -0.114. The number of amides is 1. The fourth-order valence-electron chi connectivity index (χ4n) is 3.34. The number of anilines is 1. The number of hydrogen-bond acceptors (Lipinski definition) is 2. The van der Waals surface area contributed by atoms with Crippen LogP contribution in [0.2, 0.25) is 0 Å². The predicted octanol–water partition coefficient (Wildman–Crippen LogP) is 4.33. The Morgan fingerprint density at radius 3 is 2.79 bits per heavy atom. The van der Waals surface area contributed by atoms with E-state index in [1.165, 1.54) is 16.7 Å². The average Bonchev–Trinajstić information content (AvgIpc) is 2.60. The van der Waals surface area contributed by atoms with Crippen LogP contribution in [0, 0.1) is 0 Å². The molecule has 24 heavy (non-hydrogen) atoms. The minimum absolute atomic E-state index is 0.00993. The van der Waals surface area contributed by atoms with Crippen molar-refractivity contribution in [2.24, 2.45) is 0 Å². The van der Waals surface area contributed by atoms with Gasteiger partial charge in [-0.2, -0.15) is 0 Å². The molecule has 124 valence electrons. The van der Waals surface area contributed by atoms with Gasteiger partial charge in [-0.25, -0.2) is 0 Å². The third kappa shape index (κ3) is 4.12. The van der Waals surface area contributed by atoms with Crippen molar-refractivity contribution in [3.8, 4) is 0 Å². The van der Waals surface area contributed by atoms with Crippen LogP contribution in [-0.2, 0) is 11.2 Å². The Kier molecular flexibility index (Phi) is 5.44. The van der Waals surface area contributed by atoms with Crippen LogP contribution in [0.4, 0.5) is 5.69 Å². The molecule has 0 radical (unpaired) electrons. The van der Waals surface area contributed by atoms with Gasteiger partial charge in [-0.15, -0.1) is 0 Å². The van der Waals surface area contributed by atoms with E-state index >= 15 is 0 Å². The second-order valence-electron chi connectivity index (χ2n) is 6.22. The number of carbonyl (C=O) groups is 1.